The summed E-state index contributed by atoms with van der Waals surface area (Å²) in [5.74, 6) is 2.36. The minimum absolute atomic E-state index is 0.273. The highest BCUT2D eigenvalue weighted by molar-refractivity contribution is 7.12. The number of aryl methyl sites for hydroxylation is 2. The van der Waals surface area contributed by atoms with Gasteiger partial charge in [0.2, 0.25) is 0 Å². The Balaban J connectivity index is 2.11. The molecule has 0 atom stereocenters. The van der Waals surface area contributed by atoms with Gasteiger partial charge < -0.3 is 11.1 Å². The molecule has 2 aromatic heterocycles. The van der Waals surface area contributed by atoms with Gasteiger partial charge in [0.15, 0.2) is 0 Å². The minimum Gasteiger partial charge on any atom is -0.384 e. The fraction of sp³-hybridized carbons (Fsp3) is 0.429. The van der Waals surface area contributed by atoms with Crippen LogP contribution in [0.15, 0.2) is 12.1 Å². The van der Waals surface area contributed by atoms with Gasteiger partial charge in [0.1, 0.15) is 17.5 Å². The number of thiophene rings is 1. The molecule has 0 aliphatic carbocycles. The largest absolute Gasteiger partial charge is 0.384 e. The normalized spacial score (nSPS) is 11.0. The van der Waals surface area contributed by atoms with Gasteiger partial charge >= 0.3 is 0 Å². The zero-order valence-electron chi connectivity index (χ0n) is 11.8. The van der Waals surface area contributed by atoms with Crippen molar-refractivity contribution in [2.24, 2.45) is 0 Å². The number of nitrogen functional groups attached to an aromatic ring is 1. The molecule has 2 rings (SSSR count). The maximum Gasteiger partial charge on any atom is 0.135 e. The van der Waals surface area contributed by atoms with Crippen LogP contribution in [0, 0.1) is 13.8 Å². The second-order valence-corrected chi connectivity index (χ2v) is 6.34. The quantitative estimate of drug-likeness (QED) is 0.897. The number of anilines is 2. The van der Waals surface area contributed by atoms with E-state index in [-0.39, 0.29) is 5.92 Å². The molecule has 102 valence electrons. The molecule has 0 aromatic carbocycles. The van der Waals surface area contributed by atoms with E-state index in [1.165, 1.54) is 15.3 Å². The maximum atomic E-state index is 5.81. The summed E-state index contributed by atoms with van der Waals surface area (Å²) < 4.78 is 0. The molecular weight excluding hydrogens is 256 g/mol. The molecule has 3 N–H and O–H groups in total. The van der Waals surface area contributed by atoms with Crippen LogP contribution in [0.25, 0.3) is 0 Å². The zero-order valence-corrected chi connectivity index (χ0v) is 12.6. The van der Waals surface area contributed by atoms with Crippen LogP contribution < -0.4 is 11.1 Å². The average molecular weight is 276 g/mol. The molecule has 0 radical (unpaired) electrons. The van der Waals surface area contributed by atoms with Crippen LogP contribution in [0.5, 0.6) is 0 Å². The maximum absolute atomic E-state index is 5.81. The molecule has 2 heterocycles. The lowest BCUT2D eigenvalue weighted by molar-refractivity contribution is 0.777. The van der Waals surface area contributed by atoms with Crippen LogP contribution in [0.2, 0.25) is 0 Å². The van der Waals surface area contributed by atoms with Gasteiger partial charge in [-0.05, 0) is 25.5 Å². The fourth-order valence-corrected chi connectivity index (χ4v) is 2.74. The van der Waals surface area contributed by atoms with Crippen molar-refractivity contribution in [3.8, 4) is 0 Å². The summed E-state index contributed by atoms with van der Waals surface area (Å²) in [7, 11) is 0. The molecule has 0 unspecified atom stereocenters. The Bertz CT molecular complexity index is 555. The predicted octanol–water partition coefficient (Wildman–Crippen LogP) is 3.47. The van der Waals surface area contributed by atoms with Gasteiger partial charge in [-0.1, -0.05) is 13.8 Å². The second-order valence-electron chi connectivity index (χ2n) is 5.00. The van der Waals surface area contributed by atoms with E-state index >= 15 is 0 Å². The molecule has 0 bridgehead atoms. The molecule has 19 heavy (non-hydrogen) atoms. The molecule has 0 amide bonds. The third-order valence-corrected chi connectivity index (χ3v) is 4.09. The second kappa shape index (κ2) is 5.57. The van der Waals surface area contributed by atoms with E-state index in [4.69, 9.17) is 5.73 Å². The molecule has 0 aliphatic heterocycles. The summed E-state index contributed by atoms with van der Waals surface area (Å²) in [4.78, 5) is 11.4. The van der Waals surface area contributed by atoms with Crippen LogP contribution >= 0.6 is 11.3 Å². The van der Waals surface area contributed by atoms with E-state index in [1.54, 1.807) is 6.07 Å². The Labute approximate surface area is 118 Å². The third-order valence-electron chi connectivity index (χ3n) is 2.94. The number of aromatic nitrogens is 2. The minimum atomic E-state index is 0.273. The molecule has 2 aromatic rings. The number of rotatable bonds is 4. The van der Waals surface area contributed by atoms with Crippen molar-refractivity contribution in [3.05, 3.63) is 33.3 Å². The summed E-state index contributed by atoms with van der Waals surface area (Å²) in [6.07, 6.45) is 0. The van der Waals surface area contributed by atoms with Gasteiger partial charge in [-0.2, -0.15) is 0 Å². The molecule has 4 nitrogen and oxygen atoms in total. The summed E-state index contributed by atoms with van der Waals surface area (Å²) in [5, 5.41) is 3.32. The molecule has 5 heteroatoms. The van der Waals surface area contributed by atoms with Crippen LogP contribution in [0.4, 0.5) is 11.6 Å². The average Bonchev–Trinajstić information content (AvgIpc) is 2.65. The molecule has 0 saturated carbocycles. The molecular formula is C14H20N4S. The number of nitrogens with one attached hydrogen (secondary N) is 1. The van der Waals surface area contributed by atoms with Crippen molar-refractivity contribution in [2.75, 3.05) is 11.1 Å². The molecule has 0 fully saturated rings. The van der Waals surface area contributed by atoms with E-state index in [9.17, 15) is 0 Å². The Hall–Kier alpha value is -1.62. The Morgan fingerprint density at radius 2 is 2.00 bits per heavy atom. The predicted molar refractivity (Wildman–Crippen MR) is 81.7 cm³/mol. The Morgan fingerprint density at radius 1 is 1.26 bits per heavy atom. The standard InChI is InChI=1S/C14H20N4S/c1-8(2)14-17-12(15)6-13(18-14)16-7-11-5-9(3)10(4)19-11/h5-6,8H,7H2,1-4H3,(H3,15,16,17,18). The Kier molecular flexibility index (Phi) is 4.04. The molecule has 0 spiro atoms. The van der Waals surface area contributed by atoms with Crippen molar-refractivity contribution in [2.45, 2.75) is 40.2 Å². The zero-order chi connectivity index (χ0) is 14.0. The number of nitrogens with two attached hydrogens (primary N) is 1. The molecule has 0 aliphatic rings. The molecule has 0 saturated heterocycles. The first-order chi connectivity index (χ1) is 8.95. The fourth-order valence-electron chi connectivity index (χ4n) is 1.75. The first kappa shape index (κ1) is 13.8. The van der Waals surface area contributed by atoms with Crippen molar-refractivity contribution >= 4 is 23.0 Å². The van der Waals surface area contributed by atoms with E-state index in [0.717, 1.165) is 18.2 Å². The van der Waals surface area contributed by atoms with Crippen LogP contribution in [0.1, 0.15) is 40.9 Å². The highest BCUT2D eigenvalue weighted by Gasteiger charge is 2.07. The lowest BCUT2D eigenvalue weighted by Gasteiger charge is -2.09. The summed E-state index contributed by atoms with van der Waals surface area (Å²) in [5.41, 5.74) is 7.15. The lowest BCUT2D eigenvalue weighted by atomic mass is 10.2. The SMILES string of the molecule is Cc1cc(CNc2cc(N)nc(C(C)C)n2)sc1C. The highest BCUT2D eigenvalue weighted by atomic mass is 32.1. The van der Waals surface area contributed by atoms with E-state index < -0.39 is 0 Å². The smallest absolute Gasteiger partial charge is 0.135 e. The lowest BCUT2D eigenvalue weighted by Crippen LogP contribution is -2.07. The van der Waals surface area contributed by atoms with Crippen molar-refractivity contribution in [3.63, 3.8) is 0 Å². The van der Waals surface area contributed by atoms with Crippen LogP contribution in [-0.4, -0.2) is 9.97 Å². The van der Waals surface area contributed by atoms with Crippen molar-refractivity contribution < 1.29 is 0 Å². The van der Waals surface area contributed by atoms with E-state index in [2.05, 4.69) is 49.0 Å². The highest BCUT2D eigenvalue weighted by Crippen LogP contribution is 2.22. The summed E-state index contributed by atoms with van der Waals surface area (Å²) >= 11 is 1.81. The van der Waals surface area contributed by atoms with Gasteiger partial charge in [0, 0.05) is 21.7 Å². The monoisotopic (exact) mass is 276 g/mol. The Morgan fingerprint density at radius 3 is 2.58 bits per heavy atom. The number of hydrogen-bond acceptors (Lipinski definition) is 5. The third kappa shape index (κ3) is 3.44. The summed E-state index contributed by atoms with van der Waals surface area (Å²) in [6.45, 7) is 9.17. The van der Waals surface area contributed by atoms with E-state index in [1.807, 2.05) is 11.3 Å². The van der Waals surface area contributed by atoms with E-state index in [0.29, 0.717) is 5.82 Å². The first-order valence-corrected chi connectivity index (χ1v) is 7.21. The van der Waals surface area contributed by atoms with Crippen molar-refractivity contribution in [1.29, 1.82) is 0 Å². The van der Waals surface area contributed by atoms with Gasteiger partial charge in [0.25, 0.3) is 0 Å². The van der Waals surface area contributed by atoms with Crippen molar-refractivity contribution in [1.82, 2.24) is 9.97 Å². The van der Waals surface area contributed by atoms with Crippen LogP contribution in [-0.2, 0) is 6.54 Å². The van der Waals surface area contributed by atoms with Crippen LogP contribution in [0.3, 0.4) is 0 Å². The van der Waals surface area contributed by atoms with Gasteiger partial charge in [-0.15, -0.1) is 11.3 Å². The first-order valence-electron chi connectivity index (χ1n) is 6.40. The number of nitrogens with zero attached hydrogens (tertiary/aromatic N) is 2. The summed E-state index contributed by atoms with van der Waals surface area (Å²) in [6, 6.07) is 3.99. The van der Waals surface area contributed by atoms with Gasteiger partial charge in [-0.25, -0.2) is 9.97 Å². The van der Waals surface area contributed by atoms with Gasteiger partial charge in [-0.3, -0.25) is 0 Å². The number of hydrogen-bond donors (Lipinski definition) is 2. The van der Waals surface area contributed by atoms with Gasteiger partial charge in [0.05, 0.1) is 6.54 Å². The topological polar surface area (TPSA) is 63.8 Å².